The lowest BCUT2D eigenvalue weighted by molar-refractivity contribution is 0.578. The van der Waals surface area contributed by atoms with Crippen molar-refractivity contribution in [1.82, 2.24) is 0 Å². The number of benzene rings is 1. The third-order valence-corrected chi connectivity index (χ3v) is 3.35. The average Bonchev–Trinajstić information content (AvgIpc) is 2.32. The van der Waals surface area contributed by atoms with Gasteiger partial charge in [0.15, 0.2) is 0 Å². The summed E-state index contributed by atoms with van der Waals surface area (Å²) in [5.41, 5.74) is 1.05. The molecule has 2 heteroatoms. The predicted octanol–water partition coefficient (Wildman–Crippen LogP) is 5.50. The number of nitrogens with one attached hydrogen (secondary N) is 1. The first-order valence-corrected chi connectivity index (χ1v) is 7.13. The van der Waals surface area contributed by atoms with Crippen LogP contribution in [0.3, 0.4) is 0 Å². The molecule has 0 aliphatic heterocycles. The van der Waals surface area contributed by atoms with Crippen molar-refractivity contribution in [3.8, 4) is 0 Å². The molecule has 1 nitrogen and oxygen atoms in total. The minimum absolute atomic E-state index is 0.497. The van der Waals surface area contributed by atoms with Gasteiger partial charge in [0.1, 0.15) is 0 Å². The average molecular weight is 254 g/mol. The number of rotatable bonds is 8. The van der Waals surface area contributed by atoms with Crippen LogP contribution in [0.25, 0.3) is 0 Å². The van der Waals surface area contributed by atoms with Crippen molar-refractivity contribution in [3.63, 3.8) is 0 Å². The topological polar surface area (TPSA) is 12.0 Å². The van der Waals surface area contributed by atoms with Gasteiger partial charge in [-0.3, -0.25) is 0 Å². The number of hydrogen-bond acceptors (Lipinski definition) is 1. The van der Waals surface area contributed by atoms with Gasteiger partial charge < -0.3 is 5.32 Å². The largest absolute Gasteiger partial charge is 0.381 e. The SMILES string of the molecule is CCCCCCCC(C)Nc1ccccc1Cl. The number of halogens is 1. The second-order valence-corrected chi connectivity index (χ2v) is 5.14. The highest BCUT2D eigenvalue weighted by Crippen LogP contribution is 2.22. The third kappa shape index (κ3) is 5.97. The Morgan fingerprint density at radius 3 is 2.53 bits per heavy atom. The summed E-state index contributed by atoms with van der Waals surface area (Å²) in [6.45, 7) is 4.48. The monoisotopic (exact) mass is 253 g/mol. The molecule has 0 aromatic heterocycles. The zero-order valence-electron chi connectivity index (χ0n) is 11.0. The molecule has 1 aromatic rings. The Morgan fingerprint density at radius 2 is 1.82 bits per heavy atom. The Bertz CT molecular complexity index is 312. The van der Waals surface area contributed by atoms with Crippen LogP contribution in [0.1, 0.15) is 52.4 Å². The normalized spacial score (nSPS) is 12.4. The highest BCUT2D eigenvalue weighted by molar-refractivity contribution is 6.33. The van der Waals surface area contributed by atoms with E-state index in [0.717, 1.165) is 10.7 Å². The smallest absolute Gasteiger partial charge is 0.0637 e. The molecular weight excluding hydrogens is 230 g/mol. The van der Waals surface area contributed by atoms with Crippen LogP contribution < -0.4 is 5.32 Å². The summed E-state index contributed by atoms with van der Waals surface area (Å²) in [5, 5.41) is 4.28. The molecule has 1 N–H and O–H groups in total. The summed E-state index contributed by atoms with van der Waals surface area (Å²) >= 11 is 6.11. The van der Waals surface area contributed by atoms with Gasteiger partial charge >= 0.3 is 0 Å². The first-order chi connectivity index (χ1) is 8.24. The van der Waals surface area contributed by atoms with Crippen LogP contribution in [0.4, 0.5) is 5.69 Å². The molecule has 0 saturated heterocycles. The van der Waals surface area contributed by atoms with E-state index < -0.39 is 0 Å². The van der Waals surface area contributed by atoms with Crippen molar-refractivity contribution in [1.29, 1.82) is 0 Å². The van der Waals surface area contributed by atoms with Crippen LogP contribution in [0, 0.1) is 0 Å². The molecule has 1 atom stereocenters. The quantitative estimate of drug-likeness (QED) is 0.603. The molecule has 96 valence electrons. The summed E-state index contributed by atoms with van der Waals surface area (Å²) < 4.78 is 0. The predicted molar refractivity (Wildman–Crippen MR) is 77.9 cm³/mol. The molecule has 0 bridgehead atoms. The van der Waals surface area contributed by atoms with E-state index in [4.69, 9.17) is 11.6 Å². The first kappa shape index (κ1) is 14.4. The summed E-state index contributed by atoms with van der Waals surface area (Å²) in [4.78, 5) is 0. The minimum atomic E-state index is 0.497. The van der Waals surface area contributed by atoms with E-state index in [0.29, 0.717) is 6.04 Å². The van der Waals surface area contributed by atoms with E-state index in [9.17, 15) is 0 Å². The maximum atomic E-state index is 6.11. The fourth-order valence-corrected chi connectivity index (χ4v) is 2.16. The molecule has 0 amide bonds. The van der Waals surface area contributed by atoms with Gasteiger partial charge in [-0.15, -0.1) is 0 Å². The Balaban J connectivity index is 2.21. The maximum absolute atomic E-state index is 6.11. The zero-order valence-corrected chi connectivity index (χ0v) is 11.8. The number of anilines is 1. The van der Waals surface area contributed by atoms with Crippen molar-refractivity contribution in [2.45, 2.75) is 58.4 Å². The van der Waals surface area contributed by atoms with Crippen LogP contribution >= 0.6 is 11.6 Å². The number of para-hydroxylation sites is 1. The molecule has 0 heterocycles. The standard InChI is InChI=1S/C15H24ClN/c1-3-4-5-6-7-10-13(2)17-15-12-9-8-11-14(15)16/h8-9,11-13,17H,3-7,10H2,1-2H3. The second kappa shape index (κ2) is 8.41. The Hall–Kier alpha value is -0.690. The molecule has 0 aliphatic carbocycles. The highest BCUT2D eigenvalue weighted by Gasteiger charge is 2.04. The van der Waals surface area contributed by atoms with Gasteiger partial charge in [-0.1, -0.05) is 62.8 Å². The van der Waals surface area contributed by atoms with Crippen molar-refractivity contribution in [3.05, 3.63) is 29.3 Å². The second-order valence-electron chi connectivity index (χ2n) is 4.73. The fraction of sp³-hybridized carbons (Fsp3) is 0.600. The van der Waals surface area contributed by atoms with Crippen LogP contribution in [-0.2, 0) is 0 Å². The van der Waals surface area contributed by atoms with E-state index in [-0.39, 0.29) is 0 Å². The Morgan fingerprint density at radius 1 is 1.12 bits per heavy atom. The van der Waals surface area contributed by atoms with Crippen molar-refractivity contribution in [2.24, 2.45) is 0 Å². The summed E-state index contributed by atoms with van der Waals surface area (Å²) in [6.07, 6.45) is 7.92. The van der Waals surface area contributed by atoms with E-state index in [1.165, 1.54) is 38.5 Å². The first-order valence-electron chi connectivity index (χ1n) is 6.75. The van der Waals surface area contributed by atoms with Gasteiger partial charge in [0, 0.05) is 6.04 Å². The molecule has 0 fully saturated rings. The molecule has 0 saturated carbocycles. The van der Waals surface area contributed by atoms with Gasteiger partial charge in [-0.25, -0.2) is 0 Å². The van der Waals surface area contributed by atoms with E-state index in [1.54, 1.807) is 0 Å². The van der Waals surface area contributed by atoms with E-state index in [1.807, 2.05) is 24.3 Å². The van der Waals surface area contributed by atoms with Crippen LogP contribution in [0.2, 0.25) is 5.02 Å². The Labute approximate surface area is 111 Å². The highest BCUT2D eigenvalue weighted by atomic mass is 35.5. The lowest BCUT2D eigenvalue weighted by atomic mass is 10.1. The summed E-state index contributed by atoms with van der Waals surface area (Å²) in [5.74, 6) is 0. The van der Waals surface area contributed by atoms with Crippen molar-refractivity contribution in [2.75, 3.05) is 5.32 Å². The molecular formula is C15H24ClN. The molecule has 0 spiro atoms. The number of unbranched alkanes of at least 4 members (excludes halogenated alkanes) is 4. The van der Waals surface area contributed by atoms with Gasteiger partial charge in [0.2, 0.25) is 0 Å². The van der Waals surface area contributed by atoms with Gasteiger partial charge in [-0.05, 0) is 25.5 Å². The molecule has 1 aromatic carbocycles. The van der Waals surface area contributed by atoms with Gasteiger partial charge in [-0.2, -0.15) is 0 Å². The Kier molecular flexibility index (Phi) is 7.11. The molecule has 1 rings (SSSR count). The van der Waals surface area contributed by atoms with Crippen LogP contribution in [0.15, 0.2) is 24.3 Å². The van der Waals surface area contributed by atoms with Gasteiger partial charge in [0.25, 0.3) is 0 Å². The van der Waals surface area contributed by atoms with Crippen LogP contribution in [0.5, 0.6) is 0 Å². The lowest BCUT2D eigenvalue weighted by Gasteiger charge is -2.16. The minimum Gasteiger partial charge on any atom is -0.381 e. The fourth-order valence-electron chi connectivity index (χ4n) is 1.97. The maximum Gasteiger partial charge on any atom is 0.0637 e. The third-order valence-electron chi connectivity index (χ3n) is 3.02. The van der Waals surface area contributed by atoms with E-state index >= 15 is 0 Å². The zero-order chi connectivity index (χ0) is 12.5. The van der Waals surface area contributed by atoms with E-state index in [2.05, 4.69) is 19.2 Å². The van der Waals surface area contributed by atoms with Crippen LogP contribution in [-0.4, -0.2) is 6.04 Å². The summed E-state index contributed by atoms with van der Waals surface area (Å²) in [6, 6.07) is 8.44. The molecule has 0 aliphatic rings. The van der Waals surface area contributed by atoms with Crippen molar-refractivity contribution < 1.29 is 0 Å². The lowest BCUT2D eigenvalue weighted by Crippen LogP contribution is -2.15. The van der Waals surface area contributed by atoms with Crippen molar-refractivity contribution >= 4 is 17.3 Å². The molecule has 17 heavy (non-hydrogen) atoms. The number of hydrogen-bond donors (Lipinski definition) is 1. The summed E-state index contributed by atoms with van der Waals surface area (Å²) in [7, 11) is 0. The molecule has 1 unspecified atom stereocenters. The van der Waals surface area contributed by atoms with Gasteiger partial charge in [0.05, 0.1) is 10.7 Å². The molecule has 0 radical (unpaired) electrons.